The number of carbonyl (C=O) groups is 1. The van der Waals surface area contributed by atoms with Crippen LogP contribution in [0, 0.1) is 0 Å². The number of benzene rings is 1. The first-order valence-electron chi connectivity index (χ1n) is 7.90. The molecule has 0 saturated carbocycles. The van der Waals surface area contributed by atoms with Crippen molar-refractivity contribution in [1.29, 1.82) is 0 Å². The number of carbonyl (C=O) groups excluding carboxylic acids is 1. The quantitative estimate of drug-likeness (QED) is 0.894. The molecule has 2 N–H and O–H groups in total. The van der Waals surface area contributed by atoms with Crippen LogP contribution in [0.4, 0.5) is 0 Å². The maximum absolute atomic E-state index is 13.1. The molecule has 4 rings (SSSR count). The van der Waals surface area contributed by atoms with Crippen LogP contribution < -0.4 is 5.73 Å². The Bertz CT molecular complexity index is 883. The number of fused-ring (bicyclic) bond motifs is 2. The van der Waals surface area contributed by atoms with Gasteiger partial charge in [0.1, 0.15) is 10.4 Å². The summed E-state index contributed by atoms with van der Waals surface area (Å²) >= 11 is 0. The van der Waals surface area contributed by atoms with E-state index in [1.54, 1.807) is 0 Å². The molecule has 1 aromatic carbocycles. The third kappa shape index (κ3) is 2.03. The van der Waals surface area contributed by atoms with Crippen molar-refractivity contribution >= 4 is 15.9 Å². The minimum absolute atomic E-state index is 0.0887. The highest BCUT2D eigenvalue weighted by Crippen LogP contribution is 2.49. The summed E-state index contributed by atoms with van der Waals surface area (Å²) in [5.41, 5.74) is 5.27. The Balaban J connectivity index is 1.74. The molecule has 3 heterocycles. The molecule has 2 aromatic rings. The number of nitrogens with zero attached hydrogens (tertiary/aromatic N) is 3. The summed E-state index contributed by atoms with van der Waals surface area (Å²) in [6.45, 7) is 0. The maximum Gasteiger partial charge on any atom is 0.247 e. The molecular weight excluding hydrogens is 328 g/mol. The lowest BCUT2D eigenvalue weighted by Crippen LogP contribution is -2.53. The number of sulfonamides is 1. The van der Waals surface area contributed by atoms with E-state index in [1.807, 2.05) is 30.3 Å². The summed E-state index contributed by atoms with van der Waals surface area (Å²) in [6.07, 6.45) is 5.16. The van der Waals surface area contributed by atoms with Gasteiger partial charge in [-0.2, -0.15) is 9.40 Å². The molecule has 0 spiro atoms. The molecule has 126 valence electrons. The molecule has 1 aromatic heterocycles. The van der Waals surface area contributed by atoms with Crippen LogP contribution in [0.3, 0.4) is 0 Å². The van der Waals surface area contributed by atoms with Gasteiger partial charge < -0.3 is 5.73 Å². The van der Waals surface area contributed by atoms with E-state index in [-0.39, 0.29) is 10.9 Å². The normalized spacial score (nSPS) is 26.8. The van der Waals surface area contributed by atoms with Crippen molar-refractivity contribution in [1.82, 2.24) is 14.1 Å². The highest BCUT2D eigenvalue weighted by Gasteiger charge is 2.60. The Labute approximate surface area is 140 Å². The zero-order valence-corrected chi connectivity index (χ0v) is 13.8. The van der Waals surface area contributed by atoms with Gasteiger partial charge in [0.25, 0.3) is 0 Å². The number of para-hydroxylation sites is 1. The Morgan fingerprint density at radius 1 is 1.21 bits per heavy atom. The number of amides is 1. The minimum atomic E-state index is -3.82. The lowest BCUT2D eigenvalue weighted by atomic mass is 9.87. The molecule has 0 radical (unpaired) electrons. The van der Waals surface area contributed by atoms with Crippen molar-refractivity contribution in [3.8, 4) is 5.69 Å². The van der Waals surface area contributed by atoms with Crippen molar-refractivity contribution in [2.75, 3.05) is 0 Å². The Kier molecular flexibility index (Phi) is 3.29. The number of nitrogens with two attached hydrogens (primary N) is 1. The number of hydrogen-bond donors (Lipinski definition) is 1. The number of hydrogen-bond acceptors (Lipinski definition) is 4. The van der Waals surface area contributed by atoms with Crippen LogP contribution >= 0.6 is 0 Å². The summed E-state index contributed by atoms with van der Waals surface area (Å²) < 4.78 is 29.1. The number of aromatic nitrogens is 2. The van der Waals surface area contributed by atoms with Gasteiger partial charge in [-0.25, -0.2) is 13.1 Å². The SMILES string of the molecule is NC(=O)C12CCC(CC1)N2S(=O)(=O)c1cnn(-c2ccccc2)c1. The maximum atomic E-state index is 13.1. The zero-order valence-electron chi connectivity index (χ0n) is 13.0. The van der Waals surface area contributed by atoms with E-state index in [0.29, 0.717) is 25.7 Å². The van der Waals surface area contributed by atoms with E-state index in [4.69, 9.17) is 5.73 Å². The summed E-state index contributed by atoms with van der Waals surface area (Å²) in [7, 11) is -3.82. The van der Waals surface area contributed by atoms with Gasteiger partial charge in [0.05, 0.1) is 18.1 Å². The van der Waals surface area contributed by atoms with Crippen molar-refractivity contribution in [2.24, 2.45) is 5.73 Å². The second-order valence-electron chi connectivity index (χ2n) is 6.38. The van der Waals surface area contributed by atoms with E-state index in [2.05, 4.69) is 5.10 Å². The molecule has 0 unspecified atom stereocenters. The van der Waals surface area contributed by atoms with Gasteiger partial charge in [0.2, 0.25) is 15.9 Å². The zero-order chi connectivity index (χ0) is 16.9. The second-order valence-corrected chi connectivity index (χ2v) is 8.20. The van der Waals surface area contributed by atoms with Gasteiger partial charge in [0.15, 0.2) is 0 Å². The van der Waals surface area contributed by atoms with Crippen LogP contribution in [0.25, 0.3) is 5.69 Å². The smallest absolute Gasteiger partial charge is 0.247 e. The summed E-state index contributed by atoms with van der Waals surface area (Å²) in [6, 6.07) is 9.12. The average Bonchev–Trinajstić information content (AvgIpc) is 3.30. The van der Waals surface area contributed by atoms with Crippen molar-refractivity contribution < 1.29 is 13.2 Å². The molecular formula is C16H18N4O3S. The molecule has 7 nitrogen and oxygen atoms in total. The molecule has 2 fully saturated rings. The van der Waals surface area contributed by atoms with Gasteiger partial charge in [-0.3, -0.25) is 4.79 Å². The Hall–Kier alpha value is -2.19. The predicted molar refractivity (Wildman–Crippen MR) is 86.8 cm³/mol. The molecule has 1 amide bonds. The predicted octanol–water partition coefficient (Wildman–Crippen LogP) is 1.04. The van der Waals surface area contributed by atoms with Crippen LogP contribution in [0.5, 0.6) is 0 Å². The molecule has 24 heavy (non-hydrogen) atoms. The van der Waals surface area contributed by atoms with Crippen LogP contribution in [0.2, 0.25) is 0 Å². The van der Waals surface area contributed by atoms with E-state index in [9.17, 15) is 13.2 Å². The summed E-state index contributed by atoms with van der Waals surface area (Å²) in [4.78, 5) is 12.1. The highest BCUT2D eigenvalue weighted by atomic mass is 32.2. The first kappa shape index (κ1) is 15.3. The van der Waals surface area contributed by atoms with Gasteiger partial charge >= 0.3 is 0 Å². The van der Waals surface area contributed by atoms with Gasteiger partial charge in [-0.05, 0) is 37.8 Å². The molecule has 0 atom stereocenters. The van der Waals surface area contributed by atoms with Crippen LogP contribution in [0.15, 0.2) is 47.6 Å². The highest BCUT2D eigenvalue weighted by molar-refractivity contribution is 7.89. The van der Waals surface area contributed by atoms with Crippen LogP contribution in [-0.4, -0.2) is 40.0 Å². The van der Waals surface area contributed by atoms with Crippen LogP contribution in [0.1, 0.15) is 25.7 Å². The largest absolute Gasteiger partial charge is 0.368 e. The number of primary amides is 1. The summed E-state index contributed by atoms with van der Waals surface area (Å²) in [5.74, 6) is -0.554. The van der Waals surface area contributed by atoms with Gasteiger partial charge in [0, 0.05) is 6.04 Å². The molecule has 0 aliphatic carbocycles. The number of rotatable bonds is 4. The lowest BCUT2D eigenvalue weighted by Gasteiger charge is -2.30. The van der Waals surface area contributed by atoms with Crippen LogP contribution in [-0.2, 0) is 14.8 Å². The van der Waals surface area contributed by atoms with E-state index in [1.165, 1.54) is 21.4 Å². The first-order chi connectivity index (χ1) is 11.4. The molecule has 2 aliphatic rings. The van der Waals surface area contributed by atoms with Crippen molar-refractivity contribution in [3.05, 3.63) is 42.7 Å². The first-order valence-corrected chi connectivity index (χ1v) is 9.34. The van der Waals surface area contributed by atoms with Crippen molar-refractivity contribution in [2.45, 2.75) is 42.2 Å². The molecule has 2 bridgehead atoms. The van der Waals surface area contributed by atoms with E-state index < -0.39 is 21.5 Å². The lowest BCUT2D eigenvalue weighted by molar-refractivity contribution is -0.125. The Morgan fingerprint density at radius 3 is 2.50 bits per heavy atom. The molecule has 8 heteroatoms. The minimum Gasteiger partial charge on any atom is -0.368 e. The second kappa shape index (κ2) is 5.15. The fourth-order valence-electron chi connectivity index (χ4n) is 3.94. The average molecular weight is 346 g/mol. The fourth-order valence-corrected chi connectivity index (χ4v) is 5.92. The topological polar surface area (TPSA) is 98.3 Å². The van der Waals surface area contributed by atoms with Gasteiger partial charge in [-0.15, -0.1) is 0 Å². The standard InChI is InChI=1S/C16H18N4O3S/c17-15(21)16-8-6-13(7-9-16)20(16)24(22,23)14-10-18-19(11-14)12-4-2-1-3-5-12/h1-5,10-11,13H,6-9H2,(H2,17,21). The Morgan fingerprint density at radius 2 is 1.88 bits per heavy atom. The monoisotopic (exact) mass is 346 g/mol. The third-order valence-electron chi connectivity index (χ3n) is 5.13. The van der Waals surface area contributed by atoms with E-state index >= 15 is 0 Å². The molecule has 2 saturated heterocycles. The fraction of sp³-hybridized carbons (Fsp3) is 0.375. The van der Waals surface area contributed by atoms with E-state index in [0.717, 1.165) is 5.69 Å². The van der Waals surface area contributed by atoms with Crippen molar-refractivity contribution in [3.63, 3.8) is 0 Å². The summed E-state index contributed by atoms with van der Waals surface area (Å²) in [5, 5.41) is 4.16. The third-order valence-corrected chi connectivity index (χ3v) is 7.10. The van der Waals surface area contributed by atoms with Gasteiger partial charge in [-0.1, -0.05) is 18.2 Å². The molecule has 2 aliphatic heterocycles.